The van der Waals surface area contributed by atoms with E-state index in [2.05, 4.69) is 15.2 Å². The van der Waals surface area contributed by atoms with Gasteiger partial charge in [0.1, 0.15) is 5.82 Å². The maximum Gasteiger partial charge on any atom is 0.181 e. The third-order valence-corrected chi connectivity index (χ3v) is 2.55. The zero-order valence-electron chi connectivity index (χ0n) is 10.4. The number of rotatable bonds is 5. The molecule has 0 fully saturated rings. The second-order valence-electron chi connectivity index (χ2n) is 3.71. The zero-order valence-corrected chi connectivity index (χ0v) is 10.4. The third kappa shape index (κ3) is 2.43. The molecule has 96 valence electrons. The van der Waals surface area contributed by atoms with Crippen molar-refractivity contribution >= 4 is 0 Å². The lowest BCUT2D eigenvalue weighted by atomic mass is 10.2. The Morgan fingerprint density at radius 3 is 2.67 bits per heavy atom. The minimum atomic E-state index is 0.542. The largest absolute Gasteiger partial charge is 0.493 e. The lowest BCUT2D eigenvalue weighted by Crippen LogP contribution is -2.03. The second kappa shape index (κ2) is 5.50. The average Bonchev–Trinajstić information content (AvgIpc) is 2.87. The van der Waals surface area contributed by atoms with E-state index in [0.717, 1.165) is 11.4 Å². The van der Waals surface area contributed by atoms with Gasteiger partial charge in [0.25, 0.3) is 0 Å². The van der Waals surface area contributed by atoms with Gasteiger partial charge in [-0.2, -0.15) is 5.10 Å². The molecule has 0 spiro atoms. The summed E-state index contributed by atoms with van der Waals surface area (Å²) >= 11 is 0. The number of nitrogens with one attached hydrogen (secondary N) is 1. The van der Waals surface area contributed by atoms with E-state index in [1.807, 2.05) is 18.2 Å². The van der Waals surface area contributed by atoms with Gasteiger partial charge < -0.3 is 15.2 Å². The molecule has 18 heavy (non-hydrogen) atoms. The lowest BCUT2D eigenvalue weighted by Gasteiger charge is -2.07. The summed E-state index contributed by atoms with van der Waals surface area (Å²) in [4.78, 5) is 4.36. The fourth-order valence-electron chi connectivity index (χ4n) is 1.65. The summed E-state index contributed by atoms with van der Waals surface area (Å²) in [5, 5.41) is 7.01. The Morgan fingerprint density at radius 1 is 1.22 bits per heavy atom. The van der Waals surface area contributed by atoms with Crippen molar-refractivity contribution in [2.24, 2.45) is 5.73 Å². The molecule has 0 amide bonds. The SMILES string of the molecule is COc1ccc(-c2n[nH]c(CCN)n2)cc1OC. The summed E-state index contributed by atoms with van der Waals surface area (Å²) in [5.74, 6) is 2.74. The molecule has 0 bridgehead atoms. The number of benzene rings is 1. The van der Waals surface area contributed by atoms with Crippen LogP contribution in [-0.4, -0.2) is 35.9 Å². The Hall–Kier alpha value is -2.08. The molecule has 0 aliphatic heterocycles. The smallest absolute Gasteiger partial charge is 0.181 e. The van der Waals surface area contributed by atoms with Crippen molar-refractivity contribution in [3.63, 3.8) is 0 Å². The monoisotopic (exact) mass is 248 g/mol. The van der Waals surface area contributed by atoms with Gasteiger partial charge in [-0.05, 0) is 24.7 Å². The predicted molar refractivity (Wildman–Crippen MR) is 67.7 cm³/mol. The highest BCUT2D eigenvalue weighted by Crippen LogP contribution is 2.30. The van der Waals surface area contributed by atoms with Gasteiger partial charge in [0, 0.05) is 12.0 Å². The third-order valence-electron chi connectivity index (χ3n) is 2.55. The first-order valence-corrected chi connectivity index (χ1v) is 5.62. The van der Waals surface area contributed by atoms with Crippen molar-refractivity contribution in [3.8, 4) is 22.9 Å². The Morgan fingerprint density at radius 2 is 2.00 bits per heavy atom. The molecule has 1 aromatic carbocycles. The molecule has 0 saturated heterocycles. The van der Waals surface area contributed by atoms with E-state index >= 15 is 0 Å². The average molecular weight is 248 g/mol. The molecule has 0 radical (unpaired) electrons. The Bertz CT molecular complexity index is 525. The number of nitrogens with zero attached hydrogens (tertiary/aromatic N) is 2. The maximum atomic E-state index is 5.47. The number of hydrogen-bond acceptors (Lipinski definition) is 5. The van der Waals surface area contributed by atoms with Crippen LogP contribution >= 0.6 is 0 Å². The van der Waals surface area contributed by atoms with E-state index < -0.39 is 0 Å². The molecular weight excluding hydrogens is 232 g/mol. The van der Waals surface area contributed by atoms with Gasteiger partial charge in [-0.3, -0.25) is 5.10 Å². The van der Waals surface area contributed by atoms with Crippen molar-refractivity contribution in [1.82, 2.24) is 15.2 Å². The van der Waals surface area contributed by atoms with Gasteiger partial charge >= 0.3 is 0 Å². The minimum absolute atomic E-state index is 0.542. The minimum Gasteiger partial charge on any atom is -0.493 e. The van der Waals surface area contributed by atoms with E-state index in [1.165, 1.54) is 0 Å². The van der Waals surface area contributed by atoms with Crippen molar-refractivity contribution in [1.29, 1.82) is 0 Å². The van der Waals surface area contributed by atoms with Crippen LogP contribution in [0.5, 0.6) is 11.5 Å². The molecule has 0 unspecified atom stereocenters. The molecule has 6 nitrogen and oxygen atoms in total. The number of ether oxygens (including phenoxy) is 2. The fourth-order valence-corrected chi connectivity index (χ4v) is 1.65. The number of aromatic amines is 1. The van der Waals surface area contributed by atoms with Crippen LogP contribution in [0.2, 0.25) is 0 Å². The van der Waals surface area contributed by atoms with Crippen LogP contribution < -0.4 is 15.2 Å². The molecule has 2 aromatic rings. The maximum absolute atomic E-state index is 5.47. The zero-order chi connectivity index (χ0) is 13.0. The Kier molecular flexibility index (Phi) is 3.78. The number of nitrogens with two attached hydrogens (primary N) is 1. The number of aromatic nitrogens is 3. The van der Waals surface area contributed by atoms with Crippen LogP contribution in [0.4, 0.5) is 0 Å². The van der Waals surface area contributed by atoms with Crippen LogP contribution in [0.1, 0.15) is 5.82 Å². The van der Waals surface area contributed by atoms with Gasteiger partial charge in [-0.1, -0.05) is 0 Å². The number of methoxy groups -OCH3 is 2. The first kappa shape index (κ1) is 12.4. The number of hydrogen-bond donors (Lipinski definition) is 2. The van der Waals surface area contributed by atoms with Crippen molar-refractivity contribution in [2.75, 3.05) is 20.8 Å². The van der Waals surface area contributed by atoms with Crippen molar-refractivity contribution in [3.05, 3.63) is 24.0 Å². The normalized spacial score (nSPS) is 10.4. The van der Waals surface area contributed by atoms with Crippen LogP contribution in [0.15, 0.2) is 18.2 Å². The topological polar surface area (TPSA) is 86.0 Å². The first-order chi connectivity index (χ1) is 8.78. The second-order valence-corrected chi connectivity index (χ2v) is 3.71. The summed E-state index contributed by atoms with van der Waals surface area (Å²) in [7, 11) is 3.20. The van der Waals surface area contributed by atoms with Crippen LogP contribution in [0.25, 0.3) is 11.4 Å². The fraction of sp³-hybridized carbons (Fsp3) is 0.333. The highest BCUT2D eigenvalue weighted by Gasteiger charge is 2.09. The summed E-state index contributed by atoms with van der Waals surface area (Å²) < 4.78 is 10.4. The predicted octanol–water partition coefficient (Wildman–Crippen LogP) is 0.990. The number of H-pyrrole nitrogens is 1. The Balaban J connectivity index is 2.31. The molecule has 1 heterocycles. The molecule has 0 aliphatic rings. The van der Waals surface area contributed by atoms with Crippen molar-refractivity contribution in [2.45, 2.75) is 6.42 Å². The lowest BCUT2D eigenvalue weighted by molar-refractivity contribution is 0.355. The Labute approximate surface area is 105 Å². The van der Waals surface area contributed by atoms with E-state index in [1.54, 1.807) is 14.2 Å². The van der Waals surface area contributed by atoms with Crippen LogP contribution in [0, 0.1) is 0 Å². The molecule has 3 N–H and O–H groups in total. The molecular formula is C12H16N4O2. The molecule has 6 heteroatoms. The van der Waals surface area contributed by atoms with E-state index in [4.69, 9.17) is 15.2 Å². The quantitative estimate of drug-likeness (QED) is 0.824. The van der Waals surface area contributed by atoms with E-state index in [-0.39, 0.29) is 0 Å². The van der Waals surface area contributed by atoms with E-state index in [9.17, 15) is 0 Å². The summed E-state index contributed by atoms with van der Waals surface area (Å²) in [6.07, 6.45) is 0.681. The van der Waals surface area contributed by atoms with Gasteiger partial charge in [0.15, 0.2) is 17.3 Å². The molecule has 0 saturated carbocycles. The van der Waals surface area contributed by atoms with Gasteiger partial charge in [-0.15, -0.1) is 0 Å². The first-order valence-electron chi connectivity index (χ1n) is 5.62. The summed E-state index contributed by atoms with van der Waals surface area (Å²) in [6.45, 7) is 0.542. The van der Waals surface area contributed by atoms with Gasteiger partial charge in [0.05, 0.1) is 14.2 Å². The summed E-state index contributed by atoms with van der Waals surface area (Å²) in [5.41, 5.74) is 6.34. The summed E-state index contributed by atoms with van der Waals surface area (Å²) in [6, 6.07) is 5.55. The molecule has 0 atom stereocenters. The van der Waals surface area contributed by atoms with Crippen LogP contribution in [0.3, 0.4) is 0 Å². The highest BCUT2D eigenvalue weighted by atomic mass is 16.5. The molecule has 1 aromatic heterocycles. The van der Waals surface area contributed by atoms with Gasteiger partial charge in [-0.25, -0.2) is 4.98 Å². The van der Waals surface area contributed by atoms with Crippen LogP contribution in [-0.2, 0) is 6.42 Å². The molecule has 0 aliphatic carbocycles. The van der Waals surface area contributed by atoms with E-state index in [0.29, 0.717) is 30.3 Å². The molecule has 2 rings (SSSR count). The standard InChI is InChI=1S/C12H16N4O2/c1-17-9-4-3-8(7-10(9)18-2)12-14-11(5-6-13)15-16-12/h3-4,7H,5-6,13H2,1-2H3,(H,14,15,16). The van der Waals surface area contributed by atoms with Gasteiger partial charge in [0.2, 0.25) is 0 Å². The van der Waals surface area contributed by atoms with Crippen molar-refractivity contribution < 1.29 is 9.47 Å². The highest BCUT2D eigenvalue weighted by molar-refractivity contribution is 5.60.